The van der Waals surface area contributed by atoms with Gasteiger partial charge in [-0.15, -0.1) is 0 Å². The normalized spacial score (nSPS) is 15.3. The molecule has 1 atom stereocenters. The highest BCUT2D eigenvalue weighted by Gasteiger charge is 2.22. The van der Waals surface area contributed by atoms with Crippen LogP contribution in [0, 0.1) is 5.92 Å². The summed E-state index contributed by atoms with van der Waals surface area (Å²) in [5, 5.41) is 0. The summed E-state index contributed by atoms with van der Waals surface area (Å²) in [4.78, 5) is 24.3. The molecule has 0 radical (unpaired) electrons. The van der Waals surface area contributed by atoms with Gasteiger partial charge in [0.15, 0.2) is 0 Å². The summed E-state index contributed by atoms with van der Waals surface area (Å²) in [5.41, 5.74) is 5.33. The van der Waals surface area contributed by atoms with E-state index < -0.39 is 0 Å². The first kappa shape index (κ1) is 22.5. The Bertz CT molecular complexity index is 983. The van der Waals surface area contributed by atoms with Crippen molar-refractivity contribution in [3.63, 3.8) is 0 Å². The van der Waals surface area contributed by atoms with Crippen LogP contribution < -0.4 is 4.74 Å². The van der Waals surface area contributed by atoms with Crippen LogP contribution >= 0.6 is 0 Å². The van der Waals surface area contributed by atoms with Gasteiger partial charge >= 0.3 is 5.97 Å². The maximum absolute atomic E-state index is 12.6. The van der Waals surface area contributed by atoms with Gasteiger partial charge in [-0.05, 0) is 54.7 Å². The molecule has 1 unspecified atom stereocenters. The maximum atomic E-state index is 12.6. The van der Waals surface area contributed by atoms with Gasteiger partial charge in [-0.25, -0.2) is 4.79 Å². The van der Waals surface area contributed by atoms with Crippen molar-refractivity contribution in [2.24, 2.45) is 5.92 Å². The van der Waals surface area contributed by atoms with Gasteiger partial charge in [0.05, 0.1) is 19.8 Å². The summed E-state index contributed by atoms with van der Waals surface area (Å²) >= 11 is 0. The van der Waals surface area contributed by atoms with Gasteiger partial charge < -0.3 is 9.47 Å². The van der Waals surface area contributed by atoms with Gasteiger partial charge in [0.2, 0.25) is 0 Å². The lowest BCUT2D eigenvalue weighted by Gasteiger charge is -2.18. The molecule has 162 valence electrons. The minimum absolute atomic E-state index is 0.182. The third kappa shape index (κ3) is 5.94. The first-order valence-corrected chi connectivity index (χ1v) is 10.8. The SMILES string of the molecule is CCC1C(CCC(=O)Cc2cccc(C(=O)OC)c2)=CC=C1Cc1ccc(OC)cc1. The number of hydrogen-bond acceptors (Lipinski definition) is 4. The Morgan fingerprint density at radius 1 is 0.935 bits per heavy atom. The van der Waals surface area contributed by atoms with Crippen LogP contribution in [0.1, 0.15) is 47.7 Å². The van der Waals surface area contributed by atoms with E-state index in [1.807, 2.05) is 18.2 Å². The van der Waals surface area contributed by atoms with Crippen molar-refractivity contribution in [2.45, 2.75) is 39.0 Å². The third-order valence-electron chi connectivity index (χ3n) is 5.82. The van der Waals surface area contributed by atoms with E-state index in [-0.39, 0.29) is 11.8 Å². The van der Waals surface area contributed by atoms with Crippen LogP contribution in [-0.4, -0.2) is 26.0 Å². The lowest BCUT2D eigenvalue weighted by Crippen LogP contribution is -2.09. The van der Waals surface area contributed by atoms with Gasteiger partial charge in [-0.3, -0.25) is 4.79 Å². The number of Topliss-reactive ketones (excluding diaryl/α,β-unsaturated/α-hetero) is 1. The fourth-order valence-electron chi connectivity index (χ4n) is 4.15. The number of ketones is 1. The fourth-order valence-corrected chi connectivity index (χ4v) is 4.15. The largest absolute Gasteiger partial charge is 0.497 e. The van der Waals surface area contributed by atoms with E-state index in [0.29, 0.717) is 24.3 Å². The Balaban J connectivity index is 1.53. The number of rotatable bonds is 10. The molecule has 4 heteroatoms. The molecule has 2 aromatic rings. The van der Waals surface area contributed by atoms with Crippen molar-refractivity contribution in [3.05, 3.63) is 88.5 Å². The molecule has 0 fully saturated rings. The van der Waals surface area contributed by atoms with E-state index in [1.54, 1.807) is 25.3 Å². The Labute approximate surface area is 184 Å². The molecular formula is C27H30O4. The first-order valence-electron chi connectivity index (χ1n) is 10.8. The van der Waals surface area contributed by atoms with Gasteiger partial charge in [-0.1, -0.05) is 54.5 Å². The molecule has 4 nitrogen and oxygen atoms in total. The standard InChI is InChI=1S/C27H30O4/c1-4-26-21(10-11-22(26)16-19-8-14-25(30-2)15-9-19)12-13-24(28)18-20-6-5-7-23(17-20)27(29)31-3/h5-11,14-15,17,26H,4,12-13,16,18H2,1-3H3. The Kier molecular flexibility index (Phi) is 7.82. The quantitative estimate of drug-likeness (QED) is 0.478. The molecule has 1 aliphatic rings. The summed E-state index contributed by atoms with van der Waals surface area (Å²) in [5.74, 6) is 1.07. The summed E-state index contributed by atoms with van der Waals surface area (Å²) in [7, 11) is 3.03. The molecule has 0 N–H and O–H groups in total. The van der Waals surface area contributed by atoms with Crippen molar-refractivity contribution in [1.82, 2.24) is 0 Å². The van der Waals surface area contributed by atoms with Crippen molar-refractivity contribution in [1.29, 1.82) is 0 Å². The molecule has 0 bridgehead atoms. The predicted octanol–water partition coefficient (Wildman–Crippen LogP) is 5.51. The maximum Gasteiger partial charge on any atom is 0.337 e. The van der Waals surface area contributed by atoms with Crippen molar-refractivity contribution >= 4 is 11.8 Å². The highest BCUT2D eigenvalue weighted by atomic mass is 16.5. The number of ether oxygens (including phenoxy) is 2. The van der Waals surface area contributed by atoms with Crippen LogP contribution in [-0.2, 0) is 22.4 Å². The molecule has 0 aromatic heterocycles. The first-order chi connectivity index (χ1) is 15.0. The summed E-state index contributed by atoms with van der Waals surface area (Å²) in [6.07, 6.45) is 7.97. The Hall–Kier alpha value is -3.14. The number of carbonyl (C=O) groups excluding carboxylic acids is 2. The topological polar surface area (TPSA) is 52.6 Å². The monoisotopic (exact) mass is 418 g/mol. The molecule has 0 saturated heterocycles. The highest BCUT2D eigenvalue weighted by Crippen LogP contribution is 2.35. The van der Waals surface area contributed by atoms with Crippen LogP contribution in [0.3, 0.4) is 0 Å². The second-order valence-electron chi connectivity index (χ2n) is 7.88. The number of methoxy groups -OCH3 is 2. The van der Waals surface area contributed by atoms with Gasteiger partial charge in [0.1, 0.15) is 11.5 Å². The van der Waals surface area contributed by atoms with E-state index in [4.69, 9.17) is 9.47 Å². The highest BCUT2D eigenvalue weighted by molar-refractivity contribution is 5.90. The number of benzene rings is 2. The minimum Gasteiger partial charge on any atom is -0.497 e. The smallest absolute Gasteiger partial charge is 0.337 e. The van der Waals surface area contributed by atoms with Gasteiger partial charge in [0, 0.05) is 18.8 Å². The molecule has 0 heterocycles. The van der Waals surface area contributed by atoms with Crippen LogP contribution in [0.5, 0.6) is 5.75 Å². The van der Waals surface area contributed by atoms with E-state index in [1.165, 1.54) is 23.8 Å². The van der Waals surface area contributed by atoms with Gasteiger partial charge in [0.25, 0.3) is 0 Å². The number of carbonyl (C=O) groups is 2. The van der Waals surface area contributed by atoms with E-state index >= 15 is 0 Å². The molecule has 3 rings (SSSR count). The second kappa shape index (κ2) is 10.8. The molecule has 31 heavy (non-hydrogen) atoms. The molecule has 0 saturated carbocycles. The van der Waals surface area contributed by atoms with Crippen LogP contribution in [0.2, 0.25) is 0 Å². The molecule has 1 aliphatic carbocycles. The molecular weight excluding hydrogens is 388 g/mol. The Morgan fingerprint density at radius 2 is 1.68 bits per heavy atom. The van der Waals surface area contributed by atoms with Crippen molar-refractivity contribution < 1.29 is 19.1 Å². The average molecular weight is 419 g/mol. The van der Waals surface area contributed by atoms with Crippen molar-refractivity contribution in [3.8, 4) is 5.75 Å². The minimum atomic E-state index is -0.383. The third-order valence-corrected chi connectivity index (χ3v) is 5.82. The fraction of sp³-hybridized carbons (Fsp3) is 0.333. The summed E-state index contributed by atoms with van der Waals surface area (Å²) in [6.45, 7) is 2.20. The van der Waals surface area contributed by atoms with E-state index in [2.05, 4.69) is 31.2 Å². The Morgan fingerprint density at radius 3 is 2.35 bits per heavy atom. The predicted molar refractivity (Wildman–Crippen MR) is 122 cm³/mol. The molecule has 0 aliphatic heterocycles. The average Bonchev–Trinajstić information content (AvgIpc) is 3.19. The van der Waals surface area contributed by atoms with Crippen molar-refractivity contribution in [2.75, 3.05) is 14.2 Å². The number of hydrogen-bond donors (Lipinski definition) is 0. The lowest BCUT2D eigenvalue weighted by atomic mass is 9.86. The van der Waals surface area contributed by atoms with E-state index in [9.17, 15) is 9.59 Å². The zero-order valence-electron chi connectivity index (χ0n) is 18.5. The summed E-state index contributed by atoms with van der Waals surface area (Å²) in [6, 6.07) is 15.3. The zero-order valence-corrected chi connectivity index (χ0v) is 18.5. The van der Waals surface area contributed by atoms with Crippen LogP contribution in [0.25, 0.3) is 0 Å². The van der Waals surface area contributed by atoms with Crippen LogP contribution in [0.4, 0.5) is 0 Å². The van der Waals surface area contributed by atoms with E-state index in [0.717, 1.165) is 30.6 Å². The molecule has 2 aromatic carbocycles. The second-order valence-corrected chi connectivity index (χ2v) is 7.88. The zero-order chi connectivity index (χ0) is 22.2. The number of allylic oxidation sites excluding steroid dienone is 4. The summed E-state index contributed by atoms with van der Waals surface area (Å²) < 4.78 is 10.00. The number of esters is 1. The molecule has 0 spiro atoms. The van der Waals surface area contributed by atoms with Gasteiger partial charge in [-0.2, -0.15) is 0 Å². The molecule has 0 amide bonds. The van der Waals surface area contributed by atoms with Crippen LogP contribution in [0.15, 0.2) is 71.8 Å². The lowest BCUT2D eigenvalue weighted by molar-refractivity contribution is -0.118.